The van der Waals surface area contributed by atoms with E-state index < -0.39 is 6.09 Å². The minimum Gasteiger partial charge on any atom is -1.00 e. The van der Waals surface area contributed by atoms with Crippen molar-refractivity contribution in [1.82, 2.24) is 0 Å². The van der Waals surface area contributed by atoms with Crippen molar-refractivity contribution in [2.24, 2.45) is 0 Å². The molecule has 0 spiro atoms. The van der Waals surface area contributed by atoms with Gasteiger partial charge in [-0.2, -0.15) is 0 Å². The van der Waals surface area contributed by atoms with E-state index in [1.165, 1.54) is 11.3 Å². The number of nitrogens with zero attached hydrogens (tertiary/aromatic N) is 2. The lowest BCUT2D eigenvalue weighted by atomic mass is 9.81. The summed E-state index contributed by atoms with van der Waals surface area (Å²) in [6.07, 6.45) is 1.07. The van der Waals surface area contributed by atoms with Crippen molar-refractivity contribution in [2.45, 2.75) is 24.9 Å². The van der Waals surface area contributed by atoms with Gasteiger partial charge in [0.2, 0.25) is 0 Å². The number of hydrogen-bond donors (Lipinski definition) is 1. The molecular formula is C21H26BrN3O2. The topological polar surface area (TPSA) is 41.6 Å². The van der Waals surface area contributed by atoms with Gasteiger partial charge in [0.05, 0.1) is 26.1 Å². The first kappa shape index (κ1) is 19.7. The monoisotopic (exact) mass is 431 g/mol. The third-order valence-electron chi connectivity index (χ3n) is 6.00. The summed E-state index contributed by atoms with van der Waals surface area (Å²) >= 11 is 0. The highest BCUT2D eigenvalue weighted by Crippen LogP contribution is 2.53. The van der Waals surface area contributed by atoms with Crippen LogP contribution in [0.5, 0.6) is 5.75 Å². The van der Waals surface area contributed by atoms with Crippen molar-refractivity contribution in [3.05, 3.63) is 54.1 Å². The van der Waals surface area contributed by atoms with Gasteiger partial charge in [-0.15, -0.1) is 0 Å². The molecule has 2 heterocycles. The van der Waals surface area contributed by atoms with E-state index >= 15 is 0 Å². The largest absolute Gasteiger partial charge is 1.00 e. The van der Waals surface area contributed by atoms with Crippen LogP contribution in [0.4, 0.5) is 16.2 Å². The van der Waals surface area contributed by atoms with Crippen molar-refractivity contribution in [3.63, 3.8) is 0 Å². The van der Waals surface area contributed by atoms with Crippen LogP contribution in [0.15, 0.2) is 48.5 Å². The number of fused-ring (bicyclic) bond motifs is 3. The minimum atomic E-state index is -0.466. The van der Waals surface area contributed by atoms with Gasteiger partial charge in [0.25, 0.3) is 0 Å². The van der Waals surface area contributed by atoms with Crippen molar-refractivity contribution in [3.8, 4) is 5.75 Å². The predicted molar refractivity (Wildman–Crippen MR) is 104 cm³/mol. The highest BCUT2D eigenvalue weighted by molar-refractivity contribution is 5.86. The average molecular weight is 432 g/mol. The number of likely N-dealkylation sites (N-methyl/N-ethyl adjacent to an activating group) is 2. The molecule has 5 nitrogen and oxygen atoms in total. The van der Waals surface area contributed by atoms with Crippen LogP contribution in [0.2, 0.25) is 0 Å². The maximum atomic E-state index is 12.2. The Morgan fingerprint density at radius 2 is 1.93 bits per heavy atom. The molecule has 0 bridgehead atoms. The average Bonchev–Trinajstić information content (AvgIpc) is 2.98. The zero-order valence-electron chi connectivity index (χ0n) is 16.2. The van der Waals surface area contributed by atoms with Crippen LogP contribution in [0, 0.1) is 0 Å². The molecule has 0 radical (unpaired) electrons. The molecule has 2 aromatic rings. The second kappa shape index (κ2) is 6.84. The van der Waals surface area contributed by atoms with E-state index in [0.29, 0.717) is 11.9 Å². The number of carbonyl (C=O) groups excluding carboxylic acids is 1. The Morgan fingerprint density at radius 3 is 2.63 bits per heavy atom. The van der Waals surface area contributed by atoms with E-state index in [0.717, 1.165) is 23.1 Å². The van der Waals surface area contributed by atoms with Gasteiger partial charge >= 0.3 is 6.09 Å². The molecule has 6 heteroatoms. The SMILES string of the molecule is CN1c2ccc(OC(=O)Nc3ccccc3)cc2[C@]2(C)CC[N+](C)(C)C12.[Br-]. The van der Waals surface area contributed by atoms with Crippen molar-refractivity contribution < 1.29 is 31.0 Å². The Bertz CT molecular complexity index is 856. The summed E-state index contributed by atoms with van der Waals surface area (Å²) in [6.45, 7) is 3.48. The standard InChI is InChI=1S/C21H25N3O2.BrH/c1-21-12-13-24(3,4)19(21)23(2)18-11-10-16(14-17(18)21)26-20(25)22-15-8-6-5-7-9-15;/h5-11,14,19H,12-13H2,1-4H3;1H/t19?,21-;/m0./s1. The number of nitrogens with one attached hydrogen (secondary N) is 1. The fraction of sp³-hybridized carbons (Fsp3) is 0.381. The third kappa shape index (κ3) is 3.21. The highest BCUT2D eigenvalue weighted by Gasteiger charge is 2.59. The van der Waals surface area contributed by atoms with Crippen molar-refractivity contribution in [1.29, 1.82) is 0 Å². The Kier molecular flexibility index (Phi) is 4.99. The van der Waals surface area contributed by atoms with E-state index in [4.69, 9.17) is 4.74 Å². The lowest BCUT2D eigenvalue weighted by Gasteiger charge is -2.38. The number of amides is 1. The minimum absolute atomic E-state index is 0. The molecule has 2 aromatic carbocycles. The molecule has 144 valence electrons. The normalized spacial score (nSPS) is 24.6. The maximum Gasteiger partial charge on any atom is 0.417 e. The number of quaternary nitrogens is 1. The molecule has 1 N–H and O–H groups in total. The number of halogens is 1. The van der Waals surface area contributed by atoms with Gasteiger partial charge in [0.1, 0.15) is 5.75 Å². The molecule has 0 aliphatic carbocycles. The summed E-state index contributed by atoms with van der Waals surface area (Å²) in [7, 11) is 6.76. The Balaban J connectivity index is 0.00000210. The fourth-order valence-electron chi connectivity index (χ4n) is 4.96. The zero-order chi connectivity index (χ0) is 18.5. The molecule has 2 atom stereocenters. The molecule has 0 aromatic heterocycles. The molecule has 4 rings (SSSR count). The lowest BCUT2D eigenvalue weighted by Crippen LogP contribution is -3.00. The Labute approximate surface area is 171 Å². The van der Waals surface area contributed by atoms with Gasteiger partial charge in [0.15, 0.2) is 6.17 Å². The van der Waals surface area contributed by atoms with E-state index in [1.54, 1.807) is 0 Å². The summed E-state index contributed by atoms with van der Waals surface area (Å²) < 4.78 is 6.53. The second-order valence-corrected chi connectivity index (χ2v) is 8.21. The molecule has 1 saturated heterocycles. The van der Waals surface area contributed by atoms with E-state index in [-0.39, 0.29) is 22.4 Å². The van der Waals surface area contributed by atoms with E-state index in [2.05, 4.69) is 44.3 Å². The molecule has 2 aliphatic heterocycles. The molecule has 0 saturated carbocycles. The zero-order valence-corrected chi connectivity index (χ0v) is 17.8. The summed E-state index contributed by atoms with van der Waals surface area (Å²) in [5.74, 6) is 0.588. The van der Waals surface area contributed by atoms with Gasteiger partial charge in [-0.3, -0.25) is 5.32 Å². The van der Waals surface area contributed by atoms with E-state index in [9.17, 15) is 4.79 Å². The third-order valence-corrected chi connectivity index (χ3v) is 6.00. The number of anilines is 2. The first-order valence-corrected chi connectivity index (χ1v) is 9.05. The first-order chi connectivity index (χ1) is 12.3. The summed E-state index contributed by atoms with van der Waals surface area (Å²) in [5, 5.41) is 2.76. The number of rotatable bonds is 2. The molecular weight excluding hydrogens is 406 g/mol. The van der Waals surface area contributed by atoms with Crippen LogP contribution in [0.3, 0.4) is 0 Å². The summed E-state index contributed by atoms with van der Waals surface area (Å²) in [4.78, 5) is 14.6. The lowest BCUT2D eigenvalue weighted by molar-refractivity contribution is -0.903. The van der Waals surface area contributed by atoms with Gasteiger partial charge in [0, 0.05) is 24.8 Å². The number of likely N-dealkylation sites (tertiary alicyclic amines) is 1. The van der Waals surface area contributed by atoms with Crippen LogP contribution in [0.1, 0.15) is 18.9 Å². The summed E-state index contributed by atoms with van der Waals surface area (Å²) in [6, 6.07) is 15.3. The smallest absolute Gasteiger partial charge is 0.417 e. The van der Waals surface area contributed by atoms with Gasteiger partial charge in [-0.05, 0) is 42.8 Å². The van der Waals surface area contributed by atoms with Crippen molar-refractivity contribution >= 4 is 17.5 Å². The predicted octanol–water partition coefficient (Wildman–Crippen LogP) is 0.815. The number of carbonyl (C=O) groups is 1. The van der Waals surface area contributed by atoms with Crippen LogP contribution in [-0.4, -0.2) is 44.4 Å². The van der Waals surface area contributed by atoms with Crippen LogP contribution in [0.25, 0.3) is 0 Å². The quantitative estimate of drug-likeness (QED) is 0.715. The summed E-state index contributed by atoms with van der Waals surface area (Å²) in [5.41, 5.74) is 3.31. The van der Waals surface area contributed by atoms with Gasteiger partial charge in [-0.1, -0.05) is 18.2 Å². The van der Waals surface area contributed by atoms with Crippen LogP contribution in [-0.2, 0) is 5.41 Å². The van der Waals surface area contributed by atoms with Crippen molar-refractivity contribution in [2.75, 3.05) is 37.9 Å². The Hall–Kier alpha value is -2.05. The Morgan fingerprint density at radius 1 is 1.22 bits per heavy atom. The van der Waals surface area contributed by atoms with E-state index in [1.807, 2.05) is 42.5 Å². The maximum absolute atomic E-state index is 12.2. The molecule has 1 unspecified atom stereocenters. The first-order valence-electron chi connectivity index (χ1n) is 9.05. The molecule has 27 heavy (non-hydrogen) atoms. The highest BCUT2D eigenvalue weighted by atomic mass is 79.9. The number of benzene rings is 2. The fourth-order valence-corrected chi connectivity index (χ4v) is 4.96. The van der Waals surface area contributed by atoms with Gasteiger partial charge in [-0.25, -0.2) is 4.79 Å². The molecule has 1 amide bonds. The second-order valence-electron chi connectivity index (χ2n) is 8.21. The van der Waals surface area contributed by atoms with Gasteiger partial charge < -0.3 is 31.1 Å². The number of hydrogen-bond acceptors (Lipinski definition) is 3. The van der Waals surface area contributed by atoms with Crippen LogP contribution < -0.4 is 31.9 Å². The number of para-hydroxylation sites is 1. The number of ether oxygens (including phenoxy) is 1. The van der Waals surface area contributed by atoms with Crippen LogP contribution >= 0.6 is 0 Å². The molecule has 1 fully saturated rings. The molecule has 2 aliphatic rings.